The Bertz CT molecular complexity index is 754. The summed E-state index contributed by atoms with van der Waals surface area (Å²) in [5, 5.41) is 10.9. The highest BCUT2D eigenvalue weighted by Gasteiger charge is 2.23. The van der Waals surface area contributed by atoms with Gasteiger partial charge in [-0.25, -0.2) is 4.99 Å². The molecule has 2 N–H and O–H groups in total. The van der Waals surface area contributed by atoms with Crippen LogP contribution in [0.4, 0.5) is 0 Å². The standard InChI is InChI=1S/C22H33N5O2/c1-4-23-22(24-15-20-26-21(27-29-20)16(3)28-5-2)25-19-13-11-18(12-14-19)17-9-7-6-8-10-17/h6-10,16,18-19H,4-5,11-15H2,1-3H3,(H2,23,24,25). The molecule has 1 aromatic heterocycles. The van der Waals surface area contributed by atoms with E-state index in [1.807, 2.05) is 13.8 Å². The van der Waals surface area contributed by atoms with Gasteiger partial charge in [0.2, 0.25) is 5.89 Å². The van der Waals surface area contributed by atoms with E-state index in [0.29, 0.717) is 36.8 Å². The van der Waals surface area contributed by atoms with Crippen molar-refractivity contribution in [1.82, 2.24) is 20.8 Å². The first-order chi connectivity index (χ1) is 14.2. The van der Waals surface area contributed by atoms with Crippen LogP contribution >= 0.6 is 0 Å². The van der Waals surface area contributed by atoms with Crippen molar-refractivity contribution in [1.29, 1.82) is 0 Å². The number of nitrogens with zero attached hydrogens (tertiary/aromatic N) is 3. The summed E-state index contributed by atoms with van der Waals surface area (Å²) in [4.78, 5) is 9.02. The topological polar surface area (TPSA) is 84.6 Å². The molecule has 1 aromatic carbocycles. The molecule has 7 nitrogen and oxygen atoms in total. The summed E-state index contributed by atoms with van der Waals surface area (Å²) in [6, 6.07) is 11.3. The van der Waals surface area contributed by atoms with Gasteiger partial charge in [-0.1, -0.05) is 35.5 Å². The van der Waals surface area contributed by atoms with Gasteiger partial charge in [-0.15, -0.1) is 0 Å². The largest absolute Gasteiger partial charge is 0.371 e. The lowest BCUT2D eigenvalue weighted by molar-refractivity contribution is 0.0683. The summed E-state index contributed by atoms with van der Waals surface area (Å²) in [5.41, 5.74) is 1.46. The fourth-order valence-electron chi connectivity index (χ4n) is 3.78. The molecule has 1 heterocycles. The first kappa shape index (κ1) is 21.3. The summed E-state index contributed by atoms with van der Waals surface area (Å²) in [7, 11) is 0. The van der Waals surface area contributed by atoms with Crippen LogP contribution < -0.4 is 10.6 Å². The fourth-order valence-corrected chi connectivity index (χ4v) is 3.78. The van der Waals surface area contributed by atoms with Gasteiger partial charge in [0.05, 0.1) is 0 Å². The minimum Gasteiger partial charge on any atom is -0.371 e. The zero-order valence-electron chi connectivity index (χ0n) is 17.7. The molecule has 158 valence electrons. The Morgan fingerprint density at radius 1 is 1.21 bits per heavy atom. The average molecular weight is 400 g/mol. The number of ether oxygens (including phenoxy) is 1. The van der Waals surface area contributed by atoms with Crippen molar-refractivity contribution in [2.45, 2.75) is 71.1 Å². The molecule has 29 heavy (non-hydrogen) atoms. The van der Waals surface area contributed by atoms with Crippen molar-refractivity contribution >= 4 is 5.96 Å². The van der Waals surface area contributed by atoms with Gasteiger partial charge in [-0.3, -0.25) is 0 Å². The van der Waals surface area contributed by atoms with Crippen LogP contribution in [0.5, 0.6) is 0 Å². The van der Waals surface area contributed by atoms with E-state index in [1.165, 1.54) is 18.4 Å². The SMILES string of the molecule is CCNC(=NCc1nc(C(C)OCC)no1)NC1CCC(c2ccccc2)CC1. The minimum absolute atomic E-state index is 0.173. The number of hydrogen-bond donors (Lipinski definition) is 2. The molecule has 1 atom stereocenters. The third-order valence-corrected chi connectivity index (χ3v) is 5.32. The number of aromatic nitrogens is 2. The second-order valence-electron chi connectivity index (χ2n) is 7.44. The number of hydrogen-bond acceptors (Lipinski definition) is 5. The molecule has 1 aliphatic carbocycles. The van der Waals surface area contributed by atoms with Crippen molar-refractivity contribution in [2.24, 2.45) is 4.99 Å². The van der Waals surface area contributed by atoms with Crippen LogP contribution in [0.1, 0.15) is 75.8 Å². The van der Waals surface area contributed by atoms with Gasteiger partial charge in [0, 0.05) is 19.2 Å². The third kappa shape index (κ3) is 6.29. The molecule has 1 unspecified atom stereocenters. The minimum atomic E-state index is -0.173. The average Bonchev–Trinajstić information content (AvgIpc) is 3.23. The van der Waals surface area contributed by atoms with Crippen LogP contribution in [0.25, 0.3) is 0 Å². The van der Waals surface area contributed by atoms with E-state index in [1.54, 1.807) is 0 Å². The Balaban J connectivity index is 1.52. The normalized spacial score (nSPS) is 21.0. The molecule has 0 spiro atoms. The first-order valence-corrected chi connectivity index (χ1v) is 10.7. The second kappa shape index (κ2) is 11.0. The van der Waals surface area contributed by atoms with E-state index < -0.39 is 0 Å². The predicted molar refractivity (Wildman–Crippen MR) is 114 cm³/mol. The molecule has 0 aliphatic heterocycles. The summed E-state index contributed by atoms with van der Waals surface area (Å²) in [6.07, 6.45) is 4.50. The second-order valence-corrected chi connectivity index (χ2v) is 7.44. The van der Waals surface area contributed by atoms with Crippen LogP contribution in [-0.2, 0) is 11.3 Å². The van der Waals surface area contributed by atoms with Crippen molar-refractivity contribution in [3.63, 3.8) is 0 Å². The fraction of sp³-hybridized carbons (Fsp3) is 0.591. The molecule has 3 rings (SSSR count). The molecular formula is C22H33N5O2. The van der Waals surface area contributed by atoms with Crippen molar-refractivity contribution in [3.05, 3.63) is 47.6 Å². The van der Waals surface area contributed by atoms with E-state index in [-0.39, 0.29) is 6.10 Å². The molecule has 0 radical (unpaired) electrons. The number of benzene rings is 1. The van der Waals surface area contributed by atoms with Gasteiger partial charge in [0.1, 0.15) is 12.6 Å². The number of nitrogens with one attached hydrogen (secondary N) is 2. The molecule has 1 fully saturated rings. The van der Waals surface area contributed by atoms with Crippen LogP contribution in [0.3, 0.4) is 0 Å². The summed E-state index contributed by atoms with van der Waals surface area (Å²) in [5.74, 6) is 2.52. The van der Waals surface area contributed by atoms with Crippen LogP contribution in [0.2, 0.25) is 0 Å². The van der Waals surface area contributed by atoms with Crippen LogP contribution in [0.15, 0.2) is 39.8 Å². The maximum atomic E-state index is 5.50. The smallest absolute Gasteiger partial charge is 0.248 e. The van der Waals surface area contributed by atoms with E-state index in [4.69, 9.17) is 9.26 Å². The van der Waals surface area contributed by atoms with E-state index in [9.17, 15) is 0 Å². The summed E-state index contributed by atoms with van der Waals surface area (Å²) in [6.45, 7) is 7.70. The lowest BCUT2D eigenvalue weighted by Gasteiger charge is -2.30. The molecule has 1 saturated carbocycles. The maximum Gasteiger partial charge on any atom is 0.248 e. The number of aliphatic imine (C=N–C) groups is 1. The molecule has 0 amide bonds. The van der Waals surface area contributed by atoms with Crippen molar-refractivity contribution < 1.29 is 9.26 Å². The number of guanidine groups is 1. The zero-order valence-corrected chi connectivity index (χ0v) is 17.7. The zero-order chi connectivity index (χ0) is 20.5. The van der Waals surface area contributed by atoms with Gasteiger partial charge in [-0.05, 0) is 57.9 Å². The maximum absolute atomic E-state index is 5.50. The Kier molecular flexibility index (Phi) is 8.04. The number of rotatable bonds is 8. The molecule has 1 aliphatic rings. The van der Waals surface area contributed by atoms with Crippen LogP contribution in [0, 0.1) is 0 Å². The Morgan fingerprint density at radius 3 is 2.66 bits per heavy atom. The van der Waals surface area contributed by atoms with Gasteiger partial charge >= 0.3 is 0 Å². The van der Waals surface area contributed by atoms with Gasteiger partial charge in [0.25, 0.3) is 0 Å². The monoisotopic (exact) mass is 399 g/mol. The van der Waals surface area contributed by atoms with Crippen molar-refractivity contribution in [3.8, 4) is 0 Å². The van der Waals surface area contributed by atoms with E-state index in [2.05, 4.69) is 63.0 Å². The Morgan fingerprint density at radius 2 is 1.97 bits per heavy atom. The molecule has 0 saturated heterocycles. The lowest BCUT2D eigenvalue weighted by Crippen LogP contribution is -2.44. The Labute approximate surface area is 173 Å². The van der Waals surface area contributed by atoms with Gasteiger partial charge in [-0.2, -0.15) is 4.98 Å². The lowest BCUT2D eigenvalue weighted by atomic mass is 9.82. The summed E-state index contributed by atoms with van der Waals surface area (Å²) >= 11 is 0. The third-order valence-electron chi connectivity index (χ3n) is 5.32. The molecule has 2 aromatic rings. The van der Waals surface area contributed by atoms with E-state index >= 15 is 0 Å². The Hall–Kier alpha value is -2.41. The molecule has 0 bridgehead atoms. The molecule has 7 heteroatoms. The quantitative estimate of drug-likeness (QED) is 0.516. The van der Waals surface area contributed by atoms with Crippen molar-refractivity contribution in [2.75, 3.05) is 13.2 Å². The predicted octanol–water partition coefficient (Wildman–Crippen LogP) is 3.95. The van der Waals surface area contributed by atoms with Gasteiger partial charge in [0.15, 0.2) is 11.8 Å². The van der Waals surface area contributed by atoms with E-state index in [0.717, 1.165) is 25.3 Å². The van der Waals surface area contributed by atoms with Crippen LogP contribution in [-0.4, -0.2) is 35.3 Å². The van der Waals surface area contributed by atoms with Gasteiger partial charge < -0.3 is 19.9 Å². The summed E-state index contributed by atoms with van der Waals surface area (Å²) < 4.78 is 10.8. The highest BCUT2D eigenvalue weighted by molar-refractivity contribution is 5.80. The highest BCUT2D eigenvalue weighted by atomic mass is 16.5. The first-order valence-electron chi connectivity index (χ1n) is 10.7. The molecular weight excluding hydrogens is 366 g/mol. The highest BCUT2D eigenvalue weighted by Crippen LogP contribution is 2.32.